The van der Waals surface area contributed by atoms with Crippen molar-refractivity contribution in [1.82, 2.24) is 15.3 Å². The molecule has 12 heteroatoms. The normalized spacial score (nSPS) is 19.0. The molecule has 1 saturated carbocycles. The second-order valence-electron chi connectivity index (χ2n) is 11.4. The molecule has 6 rings (SSSR count). The van der Waals surface area contributed by atoms with Crippen LogP contribution in [0.5, 0.6) is 5.75 Å². The van der Waals surface area contributed by atoms with E-state index in [1.165, 1.54) is 12.1 Å². The van der Waals surface area contributed by atoms with Gasteiger partial charge in [0.1, 0.15) is 40.7 Å². The van der Waals surface area contributed by atoms with Gasteiger partial charge in [0.15, 0.2) is 0 Å². The van der Waals surface area contributed by atoms with Crippen LogP contribution < -0.4 is 15.8 Å². The first-order chi connectivity index (χ1) is 20.3. The molecular formula is C31H26Cl2F2N4O4. The molecular weight excluding hydrogens is 601 g/mol. The first kappa shape index (κ1) is 29.2. The number of benzene rings is 2. The van der Waals surface area contributed by atoms with E-state index in [0.717, 1.165) is 17.7 Å². The Kier molecular flexibility index (Phi) is 7.06. The Labute approximate surface area is 255 Å². The van der Waals surface area contributed by atoms with Crippen LogP contribution in [0.2, 0.25) is 10.0 Å². The third-order valence-corrected chi connectivity index (χ3v) is 8.81. The molecule has 0 saturated heterocycles. The lowest BCUT2D eigenvalue weighted by atomic mass is 9.81. The lowest BCUT2D eigenvalue weighted by Crippen LogP contribution is -2.44. The number of hydrogen-bond acceptors (Lipinski definition) is 6. The van der Waals surface area contributed by atoms with Crippen LogP contribution in [-0.2, 0) is 15.8 Å². The van der Waals surface area contributed by atoms with Gasteiger partial charge in [0, 0.05) is 28.3 Å². The van der Waals surface area contributed by atoms with E-state index in [-0.39, 0.29) is 52.9 Å². The number of fused-ring (bicyclic) bond motifs is 2. The summed E-state index contributed by atoms with van der Waals surface area (Å²) in [6, 6.07) is 8.20. The van der Waals surface area contributed by atoms with Gasteiger partial charge in [0.05, 0.1) is 27.8 Å². The Morgan fingerprint density at radius 1 is 1.14 bits per heavy atom. The molecule has 2 aromatic carbocycles. The van der Waals surface area contributed by atoms with Crippen LogP contribution in [0, 0.1) is 24.5 Å². The van der Waals surface area contributed by atoms with Gasteiger partial charge in [-0.15, -0.1) is 0 Å². The molecule has 4 aromatic rings. The number of hydrogen-bond donors (Lipinski definition) is 3. The SMILES string of the molecule is Cc1cnc2c(Cl)cc(C(=O)NCC(O)(c3cc4c(c(-c5cc(F)c(Cl)cc5F)n3)OC[C@]4(C)C(N)=O)C3CC3)cc2c1. The average molecular weight is 627 g/mol. The molecule has 3 heterocycles. The lowest BCUT2D eigenvalue weighted by Gasteiger charge is -2.30. The van der Waals surface area contributed by atoms with Gasteiger partial charge >= 0.3 is 0 Å². The van der Waals surface area contributed by atoms with E-state index >= 15 is 4.39 Å². The van der Waals surface area contributed by atoms with Crippen LogP contribution >= 0.6 is 23.2 Å². The maximum atomic E-state index is 15.2. The van der Waals surface area contributed by atoms with Crippen LogP contribution in [0.1, 0.15) is 46.9 Å². The standard InChI is InChI=1S/C31H26Cl2F2N4O4/c1-14-5-15-6-16(7-21(33)25(15)37-11-14)28(40)38-12-31(42,17-3-4-17)24-9-19-27(43-13-30(19,2)29(36)41)26(39-24)18-8-23(35)20(32)10-22(18)34/h5-11,17,42H,3-4,12-13H2,1-2H3,(H2,36,41)(H,38,40)/t30-,31?/m0/s1. The van der Waals surface area contributed by atoms with Gasteiger partial charge < -0.3 is 20.9 Å². The highest BCUT2D eigenvalue weighted by Gasteiger charge is 2.50. The Hall–Kier alpha value is -3.86. The number of pyridine rings is 2. The van der Waals surface area contributed by atoms with Crippen molar-refractivity contribution in [3.8, 4) is 17.0 Å². The number of rotatable bonds is 7. The Bertz CT molecular complexity index is 1850. The Balaban J connectivity index is 1.42. The molecule has 4 N–H and O–H groups in total. The van der Waals surface area contributed by atoms with Crippen LogP contribution in [0.3, 0.4) is 0 Å². The maximum absolute atomic E-state index is 15.2. The van der Waals surface area contributed by atoms with Gasteiger partial charge in [-0.25, -0.2) is 13.8 Å². The minimum atomic E-state index is -1.74. The molecule has 43 heavy (non-hydrogen) atoms. The number of aromatic nitrogens is 2. The minimum Gasteiger partial charge on any atom is -0.489 e. The highest BCUT2D eigenvalue weighted by atomic mass is 35.5. The molecule has 2 atom stereocenters. The van der Waals surface area contributed by atoms with Crippen molar-refractivity contribution >= 4 is 45.9 Å². The fourth-order valence-corrected chi connectivity index (χ4v) is 5.89. The van der Waals surface area contributed by atoms with Gasteiger partial charge in [0.25, 0.3) is 5.91 Å². The zero-order valence-electron chi connectivity index (χ0n) is 23.1. The monoisotopic (exact) mass is 626 g/mol. The summed E-state index contributed by atoms with van der Waals surface area (Å²) in [4.78, 5) is 34.8. The second-order valence-corrected chi connectivity index (χ2v) is 12.2. The van der Waals surface area contributed by atoms with Gasteiger partial charge in [-0.1, -0.05) is 23.2 Å². The van der Waals surface area contributed by atoms with Crippen molar-refractivity contribution in [3.63, 3.8) is 0 Å². The van der Waals surface area contributed by atoms with Crippen molar-refractivity contribution in [2.24, 2.45) is 11.7 Å². The molecule has 1 aliphatic carbocycles. The molecule has 222 valence electrons. The quantitative estimate of drug-likeness (QED) is 0.237. The fourth-order valence-electron chi connectivity index (χ4n) is 5.46. The summed E-state index contributed by atoms with van der Waals surface area (Å²) < 4.78 is 35.5. The molecule has 0 radical (unpaired) electrons. The Morgan fingerprint density at radius 2 is 1.88 bits per heavy atom. The van der Waals surface area contributed by atoms with Crippen molar-refractivity contribution in [3.05, 3.63) is 86.7 Å². The maximum Gasteiger partial charge on any atom is 0.251 e. The molecule has 2 aliphatic rings. The summed E-state index contributed by atoms with van der Waals surface area (Å²) in [7, 11) is 0. The van der Waals surface area contributed by atoms with E-state index in [0.29, 0.717) is 28.8 Å². The summed E-state index contributed by atoms with van der Waals surface area (Å²) in [5, 5.41) is 15.4. The third-order valence-electron chi connectivity index (χ3n) is 8.23. The van der Waals surface area contributed by atoms with Crippen LogP contribution in [0.4, 0.5) is 8.78 Å². The molecule has 1 aliphatic heterocycles. The van der Waals surface area contributed by atoms with E-state index in [9.17, 15) is 19.1 Å². The molecule has 2 aromatic heterocycles. The van der Waals surface area contributed by atoms with Crippen molar-refractivity contribution < 1.29 is 28.2 Å². The number of halogens is 4. The Morgan fingerprint density at radius 3 is 2.58 bits per heavy atom. The summed E-state index contributed by atoms with van der Waals surface area (Å²) in [5.74, 6) is -3.25. The molecule has 1 fully saturated rings. The largest absolute Gasteiger partial charge is 0.489 e. The number of nitrogens with zero attached hydrogens (tertiary/aromatic N) is 2. The van der Waals surface area contributed by atoms with Crippen molar-refractivity contribution in [2.45, 2.75) is 37.7 Å². The summed E-state index contributed by atoms with van der Waals surface area (Å²) in [6.45, 7) is 3.00. The van der Waals surface area contributed by atoms with Gasteiger partial charge in [-0.3, -0.25) is 14.6 Å². The zero-order valence-corrected chi connectivity index (χ0v) is 24.6. The van der Waals surface area contributed by atoms with Crippen molar-refractivity contribution in [2.75, 3.05) is 13.2 Å². The van der Waals surface area contributed by atoms with E-state index in [1.807, 2.05) is 13.0 Å². The third kappa shape index (κ3) is 4.97. The number of aliphatic hydroxyl groups is 1. The summed E-state index contributed by atoms with van der Waals surface area (Å²) in [6.07, 6.45) is 2.93. The fraction of sp³-hybridized carbons (Fsp3) is 0.290. The van der Waals surface area contributed by atoms with E-state index < -0.39 is 39.5 Å². The minimum absolute atomic E-state index is 0.0440. The number of carbonyl (C=O) groups excluding carboxylic acids is 2. The molecule has 1 unspecified atom stereocenters. The van der Waals surface area contributed by atoms with Gasteiger partial charge in [-0.2, -0.15) is 0 Å². The lowest BCUT2D eigenvalue weighted by molar-refractivity contribution is -0.123. The van der Waals surface area contributed by atoms with E-state index in [4.69, 9.17) is 33.7 Å². The number of amides is 2. The summed E-state index contributed by atoms with van der Waals surface area (Å²) >= 11 is 12.2. The first-order valence-electron chi connectivity index (χ1n) is 13.5. The number of primary amides is 1. The second kappa shape index (κ2) is 10.4. The average Bonchev–Trinajstić information content (AvgIpc) is 3.76. The number of ether oxygens (including phenoxy) is 1. The number of nitrogens with two attached hydrogens (primary N) is 1. The highest BCUT2D eigenvalue weighted by molar-refractivity contribution is 6.35. The van der Waals surface area contributed by atoms with Crippen LogP contribution in [0.15, 0.2) is 42.6 Å². The topological polar surface area (TPSA) is 127 Å². The van der Waals surface area contributed by atoms with Gasteiger partial charge in [-0.05, 0) is 74.6 Å². The van der Waals surface area contributed by atoms with Gasteiger partial charge in [0.2, 0.25) is 5.91 Å². The number of aryl methyl sites for hydroxylation is 1. The van der Waals surface area contributed by atoms with E-state index in [2.05, 4.69) is 15.3 Å². The predicted octanol–water partition coefficient (Wildman–Crippen LogP) is 5.35. The predicted molar refractivity (Wildman–Crippen MR) is 157 cm³/mol. The number of nitrogens with one attached hydrogen (secondary N) is 1. The van der Waals surface area contributed by atoms with Crippen LogP contribution in [-0.4, -0.2) is 40.0 Å². The molecule has 2 amide bonds. The highest BCUT2D eigenvalue weighted by Crippen LogP contribution is 2.50. The van der Waals surface area contributed by atoms with Crippen LogP contribution in [0.25, 0.3) is 22.2 Å². The van der Waals surface area contributed by atoms with Crippen molar-refractivity contribution in [1.29, 1.82) is 0 Å². The number of carbonyl (C=O) groups is 2. The molecule has 0 spiro atoms. The smallest absolute Gasteiger partial charge is 0.251 e. The molecule has 8 nitrogen and oxygen atoms in total. The zero-order chi connectivity index (χ0) is 30.8. The first-order valence-corrected chi connectivity index (χ1v) is 14.3. The summed E-state index contributed by atoms with van der Waals surface area (Å²) in [5.41, 5.74) is 4.29. The molecule has 0 bridgehead atoms. The van der Waals surface area contributed by atoms with E-state index in [1.54, 1.807) is 19.2 Å².